The maximum atomic E-state index is 12.8. The van der Waals surface area contributed by atoms with E-state index in [-0.39, 0.29) is 31.1 Å². The van der Waals surface area contributed by atoms with Gasteiger partial charge in [-0.1, -0.05) is 259 Å². The Labute approximate surface area is 374 Å². The number of esters is 3. The fraction of sp³-hybridized carbons (Fsp3) is 0.944. The molecule has 0 aromatic carbocycles. The third kappa shape index (κ3) is 45.9. The molecule has 2 atom stereocenters. The van der Waals surface area contributed by atoms with Crippen LogP contribution in [0.3, 0.4) is 0 Å². The van der Waals surface area contributed by atoms with Gasteiger partial charge in [0.15, 0.2) is 6.10 Å². The van der Waals surface area contributed by atoms with Crippen molar-refractivity contribution >= 4 is 17.9 Å². The summed E-state index contributed by atoms with van der Waals surface area (Å²) in [5.74, 6) is 0.843. The van der Waals surface area contributed by atoms with Crippen LogP contribution in [0.4, 0.5) is 0 Å². The summed E-state index contributed by atoms with van der Waals surface area (Å²) in [4.78, 5) is 38.0. The van der Waals surface area contributed by atoms with Gasteiger partial charge in [0, 0.05) is 19.3 Å². The molecule has 0 spiro atoms. The minimum atomic E-state index is -0.762. The number of carbonyl (C=O) groups is 3. The molecule has 0 fully saturated rings. The summed E-state index contributed by atoms with van der Waals surface area (Å²) in [6, 6.07) is 0. The van der Waals surface area contributed by atoms with Crippen molar-refractivity contribution < 1.29 is 28.6 Å². The maximum absolute atomic E-state index is 12.8. The SMILES string of the molecule is CCCCCCCCCCCCCCCC(=O)OC[C@@H](COC(=O)CCCCCCCCCCCCCCCCC(C)C)OC(=O)CCCCCCCCCCC(C)CC. The number of unbranched alkanes of at least 4 members (excludes halogenated alkanes) is 32. The summed E-state index contributed by atoms with van der Waals surface area (Å²) >= 11 is 0. The van der Waals surface area contributed by atoms with E-state index in [0.29, 0.717) is 19.3 Å². The number of carbonyl (C=O) groups excluding carboxylic acids is 3. The van der Waals surface area contributed by atoms with Crippen molar-refractivity contribution in [3.8, 4) is 0 Å². The van der Waals surface area contributed by atoms with Crippen LogP contribution in [-0.2, 0) is 28.6 Å². The molecule has 6 nitrogen and oxygen atoms in total. The molecular weight excluding hydrogens is 745 g/mol. The third-order valence-corrected chi connectivity index (χ3v) is 12.6. The van der Waals surface area contributed by atoms with Crippen LogP contribution in [0.25, 0.3) is 0 Å². The number of hydrogen-bond donors (Lipinski definition) is 0. The van der Waals surface area contributed by atoms with E-state index in [9.17, 15) is 14.4 Å². The maximum Gasteiger partial charge on any atom is 0.306 e. The van der Waals surface area contributed by atoms with Gasteiger partial charge in [0.1, 0.15) is 13.2 Å². The van der Waals surface area contributed by atoms with Gasteiger partial charge in [-0.15, -0.1) is 0 Å². The van der Waals surface area contributed by atoms with Gasteiger partial charge >= 0.3 is 17.9 Å². The highest BCUT2D eigenvalue weighted by Gasteiger charge is 2.19. The van der Waals surface area contributed by atoms with E-state index >= 15 is 0 Å². The average molecular weight is 849 g/mol. The van der Waals surface area contributed by atoms with Crippen molar-refractivity contribution in [1.82, 2.24) is 0 Å². The van der Waals surface area contributed by atoms with E-state index in [4.69, 9.17) is 14.2 Å². The highest BCUT2D eigenvalue weighted by atomic mass is 16.6. The highest BCUT2D eigenvalue weighted by molar-refractivity contribution is 5.71. The van der Waals surface area contributed by atoms with Crippen LogP contribution in [-0.4, -0.2) is 37.2 Å². The summed E-state index contributed by atoms with van der Waals surface area (Å²) in [6.45, 7) is 11.4. The highest BCUT2D eigenvalue weighted by Crippen LogP contribution is 2.18. The molecule has 0 saturated carbocycles. The molecular formula is C54H104O6. The van der Waals surface area contributed by atoms with Gasteiger partial charge in [-0.3, -0.25) is 14.4 Å². The quantitative estimate of drug-likeness (QED) is 0.0345. The summed E-state index contributed by atoms with van der Waals surface area (Å²) < 4.78 is 16.8. The second-order valence-electron chi connectivity index (χ2n) is 19.2. The molecule has 0 bridgehead atoms. The molecule has 1 unspecified atom stereocenters. The zero-order valence-electron chi connectivity index (χ0n) is 41.1. The van der Waals surface area contributed by atoms with Crippen molar-refractivity contribution in [3.63, 3.8) is 0 Å². The first-order valence-corrected chi connectivity index (χ1v) is 26.8. The van der Waals surface area contributed by atoms with Gasteiger partial charge in [-0.25, -0.2) is 0 Å². The van der Waals surface area contributed by atoms with Gasteiger partial charge in [0.05, 0.1) is 0 Å². The predicted octanol–water partition coefficient (Wildman–Crippen LogP) is 17.3. The van der Waals surface area contributed by atoms with E-state index in [1.54, 1.807) is 0 Å². The van der Waals surface area contributed by atoms with Crippen molar-refractivity contribution in [2.75, 3.05) is 13.2 Å². The van der Waals surface area contributed by atoms with Crippen LogP contribution in [0, 0.1) is 11.8 Å². The Morgan fingerprint density at radius 2 is 0.633 bits per heavy atom. The molecule has 0 rings (SSSR count). The standard InChI is InChI=1S/C54H104O6/c1-6-8-9-10-11-12-13-16-20-23-29-34-39-44-52(55)58-47-51(60-54(57)46-41-36-31-26-25-28-33-38-43-50(5)7-2)48-59-53(56)45-40-35-30-24-21-18-15-14-17-19-22-27-32-37-42-49(3)4/h49-51H,6-48H2,1-5H3/t50?,51-/m0/s1. The molecule has 0 aliphatic rings. The van der Waals surface area contributed by atoms with Crippen LogP contribution in [0.2, 0.25) is 0 Å². The largest absolute Gasteiger partial charge is 0.462 e. The van der Waals surface area contributed by atoms with Gasteiger partial charge in [-0.05, 0) is 31.1 Å². The molecule has 0 aliphatic carbocycles. The van der Waals surface area contributed by atoms with E-state index < -0.39 is 6.10 Å². The van der Waals surface area contributed by atoms with Crippen molar-refractivity contribution in [1.29, 1.82) is 0 Å². The van der Waals surface area contributed by atoms with Gasteiger partial charge in [0.25, 0.3) is 0 Å². The summed E-state index contributed by atoms with van der Waals surface area (Å²) in [6.07, 6.45) is 48.0. The molecule has 0 aliphatic heterocycles. The van der Waals surface area contributed by atoms with Crippen LogP contribution < -0.4 is 0 Å². The molecule has 60 heavy (non-hydrogen) atoms. The van der Waals surface area contributed by atoms with Crippen LogP contribution in [0.5, 0.6) is 0 Å². The smallest absolute Gasteiger partial charge is 0.306 e. The lowest BCUT2D eigenvalue weighted by Gasteiger charge is -2.18. The van der Waals surface area contributed by atoms with Crippen molar-refractivity contribution in [2.45, 2.75) is 304 Å². The van der Waals surface area contributed by atoms with E-state index in [1.165, 1.54) is 186 Å². The van der Waals surface area contributed by atoms with Gasteiger partial charge in [0.2, 0.25) is 0 Å². The summed E-state index contributed by atoms with van der Waals surface area (Å²) in [7, 11) is 0. The van der Waals surface area contributed by atoms with Gasteiger partial charge in [-0.2, -0.15) is 0 Å². The van der Waals surface area contributed by atoms with Crippen molar-refractivity contribution in [3.05, 3.63) is 0 Å². The first-order chi connectivity index (χ1) is 29.3. The van der Waals surface area contributed by atoms with E-state index in [2.05, 4.69) is 34.6 Å². The Morgan fingerprint density at radius 3 is 0.950 bits per heavy atom. The zero-order valence-corrected chi connectivity index (χ0v) is 41.1. The number of rotatable bonds is 48. The molecule has 6 heteroatoms. The predicted molar refractivity (Wildman–Crippen MR) is 256 cm³/mol. The van der Waals surface area contributed by atoms with Crippen LogP contribution in [0.1, 0.15) is 298 Å². The summed E-state index contributed by atoms with van der Waals surface area (Å²) in [5, 5.41) is 0. The molecule has 0 heterocycles. The Morgan fingerprint density at radius 1 is 0.350 bits per heavy atom. The van der Waals surface area contributed by atoms with E-state index in [1.807, 2.05) is 0 Å². The fourth-order valence-electron chi connectivity index (χ4n) is 8.13. The second-order valence-corrected chi connectivity index (χ2v) is 19.2. The molecule has 0 aromatic rings. The molecule has 0 saturated heterocycles. The fourth-order valence-corrected chi connectivity index (χ4v) is 8.13. The monoisotopic (exact) mass is 849 g/mol. The Kier molecular flexibility index (Phi) is 45.7. The number of ether oxygens (including phenoxy) is 3. The zero-order chi connectivity index (χ0) is 44.0. The minimum absolute atomic E-state index is 0.0637. The minimum Gasteiger partial charge on any atom is -0.462 e. The topological polar surface area (TPSA) is 78.9 Å². The Balaban J connectivity index is 4.29. The molecule has 0 N–H and O–H groups in total. The third-order valence-electron chi connectivity index (χ3n) is 12.6. The average Bonchev–Trinajstić information content (AvgIpc) is 3.23. The lowest BCUT2D eigenvalue weighted by atomic mass is 9.99. The van der Waals surface area contributed by atoms with Crippen LogP contribution >= 0.6 is 0 Å². The second kappa shape index (κ2) is 46.9. The van der Waals surface area contributed by atoms with E-state index in [0.717, 1.165) is 69.6 Å². The molecule has 0 radical (unpaired) electrons. The number of hydrogen-bond acceptors (Lipinski definition) is 6. The Bertz CT molecular complexity index is 918. The molecule has 0 aromatic heterocycles. The lowest BCUT2D eigenvalue weighted by molar-refractivity contribution is -0.167. The van der Waals surface area contributed by atoms with Gasteiger partial charge < -0.3 is 14.2 Å². The Hall–Kier alpha value is -1.59. The first-order valence-electron chi connectivity index (χ1n) is 26.8. The lowest BCUT2D eigenvalue weighted by Crippen LogP contribution is -2.30. The summed E-state index contributed by atoms with van der Waals surface area (Å²) in [5.41, 5.74) is 0. The first kappa shape index (κ1) is 58.4. The normalized spacial score (nSPS) is 12.5. The molecule has 0 amide bonds. The van der Waals surface area contributed by atoms with Crippen molar-refractivity contribution in [2.24, 2.45) is 11.8 Å². The van der Waals surface area contributed by atoms with Crippen LogP contribution in [0.15, 0.2) is 0 Å². The molecule has 356 valence electrons.